The molecule has 0 fully saturated rings. The highest BCUT2D eigenvalue weighted by atomic mass is 35.5. The summed E-state index contributed by atoms with van der Waals surface area (Å²) in [7, 11) is 0. The molecule has 1 aromatic rings. The van der Waals surface area contributed by atoms with Crippen molar-refractivity contribution in [1.82, 2.24) is 0 Å². The zero-order chi connectivity index (χ0) is 10.9. The maximum absolute atomic E-state index is 11.8. The van der Waals surface area contributed by atoms with E-state index >= 15 is 0 Å². The van der Waals surface area contributed by atoms with E-state index in [1.165, 1.54) is 0 Å². The van der Waals surface area contributed by atoms with Gasteiger partial charge in [0.05, 0.1) is 5.02 Å². The second-order valence-corrected chi connectivity index (χ2v) is 2.81. The van der Waals surface area contributed by atoms with E-state index in [1.807, 2.05) is 0 Å². The summed E-state index contributed by atoms with van der Waals surface area (Å²) in [5.74, 6) is -1.61. The number of anilines is 1. The monoisotopic (exact) mass is 227 g/mol. The highest BCUT2D eigenvalue weighted by Crippen LogP contribution is 2.39. The number of ether oxygens (including phenoxy) is 1. The molecule has 0 aliphatic heterocycles. The van der Waals surface area contributed by atoms with Crippen LogP contribution in [0.1, 0.15) is 0 Å². The van der Waals surface area contributed by atoms with E-state index in [0.29, 0.717) is 0 Å². The van der Waals surface area contributed by atoms with Crippen LogP contribution in [0.5, 0.6) is 11.5 Å². The van der Waals surface area contributed by atoms with Crippen LogP contribution in [-0.4, -0.2) is 11.5 Å². The van der Waals surface area contributed by atoms with Crippen LogP contribution >= 0.6 is 11.6 Å². The van der Waals surface area contributed by atoms with Crippen LogP contribution in [0, 0.1) is 0 Å². The summed E-state index contributed by atoms with van der Waals surface area (Å²) < 4.78 is 38.8. The van der Waals surface area contributed by atoms with Crippen LogP contribution in [0.4, 0.5) is 18.9 Å². The SMILES string of the molecule is Nc1cc(O)c(OC(F)(F)F)c(Cl)c1. The van der Waals surface area contributed by atoms with Crippen LogP contribution in [0.25, 0.3) is 0 Å². The fraction of sp³-hybridized carbons (Fsp3) is 0.143. The molecule has 78 valence electrons. The summed E-state index contributed by atoms with van der Waals surface area (Å²) in [5, 5.41) is 8.64. The van der Waals surface area contributed by atoms with Crippen molar-refractivity contribution in [2.24, 2.45) is 0 Å². The molecular weight excluding hydrogens is 223 g/mol. The van der Waals surface area contributed by atoms with Gasteiger partial charge in [0.1, 0.15) is 0 Å². The number of benzene rings is 1. The fourth-order valence-corrected chi connectivity index (χ4v) is 1.08. The predicted molar refractivity (Wildman–Crippen MR) is 44.2 cm³/mol. The van der Waals surface area contributed by atoms with E-state index in [2.05, 4.69) is 4.74 Å². The third-order valence-corrected chi connectivity index (χ3v) is 1.54. The van der Waals surface area contributed by atoms with Crippen molar-refractivity contribution in [3.8, 4) is 11.5 Å². The number of alkyl halides is 3. The molecule has 1 aromatic carbocycles. The Morgan fingerprint density at radius 2 is 1.93 bits per heavy atom. The van der Waals surface area contributed by atoms with Gasteiger partial charge in [0, 0.05) is 11.8 Å². The Balaban J connectivity index is 3.09. The van der Waals surface area contributed by atoms with Gasteiger partial charge in [-0.3, -0.25) is 0 Å². The van der Waals surface area contributed by atoms with Crippen molar-refractivity contribution in [2.45, 2.75) is 6.36 Å². The summed E-state index contributed by atoms with van der Waals surface area (Å²) >= 11 is 5.38. The lowest BCUT2D eigenvalue weighted by Crippen LogP contribution is -2.17. The van der Waals surface area contributed by atoms with Crippen molar-refractivity contribution in [3.05, 3.63) is 17.2 Å². The molecule has 0 aromatic heterocycles. The van der Waals surface area contributed by atoms with Crippen molar-refractivity contribution < 1.29 is 23.0 Å². The van der Waals surface area contributed by atoms with E-state index in [9.17, 15) is 13.2 Å². The van der Waals surface area contributed by atoms with Gasteiger partial charge < -0.3 is 15.6 Å². The maximum atomic E-state index is 11.8. The topological polar surface area (TPSA) is 55.5 Å². The highest BCUT2D eigenvalue weighted by molar-refractivity contribution is 6.32. The smallest absolute Gasteiger partial charge is 0.504 e. The van der Waals surface area contributed by atoms with Crippen LogP contribution in [0.2, 0.25) is 5.02 Å². The lowest BCUT2D eigenvalue weighted by Gasteiger charge is -2.12. The van der Waals surface area contributed by atoms with Crippen molar-refractivity contribution in [1.29, 1.82) is 0 Å². The highest BCUT2D eigenvalue weighted by Gasteiger charge is 2.33. The van der Waals surface area contributed by atoms with Gasteiger partial charge >= 0.3 is 6.36 Å². The minimum absolute atomic E-state index is 0.0435. The van der Waals surface area contributed by atoms with E-state index in [0.717, 1.165) is 12.1 Å². The maximum Gasteiger partial charge on any atom is 0.573 e. The molecule has 0 aliphatic carbocycles. The second kappa shape index (κ2) is 3.45. The molecule has 0 heterocycles. The number of hydrogen-bond acceptors (Lipinski definition) is 3. The second-order valence-electron chi connectivity index (χ2n) is 2.40. The Kier molecular flexibility index (Phi) is 2.66. The van der Waals surface area contributed by atoms with E-state index in [4.69, 9.17) is 22.4 Å². The van der Waals surface area contributed by atoms with Crippen LogP contribution in [0.15, 0.2) is 12.1 Å². The number of nitrogens with two attached hydrogens (primary N) is 1. The number of halogens is 4. The number of phenolic OH excluding ortho intramolecular Hbond substituents is 1. The molecule has 14 heavy (non-hydrogen) atoms. The summed E-state index contributed by atoms with van der Waals surface area (Å²) in [6.45, 7) is 0. The molecule has 7 heteroatoms. The molecular formula is C7H5ClF3NO2. The number of phenols is 1. The average Bonchev–Trinajstić information content (AvgIpc) is 1.95. The Morgan fingerprint density at radius 1 is 1.36 bits per heavy atom. The third kappa shape index (κ3) is 2.59. The van der Waals surface area contributed by atoms with Gasteiger partial charge in [-0.05, 0) is 6.07 Å². The lowest BCUT2D eigenvalue weighted by atomic mass is 10.3. The molecule has 0 spiro atoms. The molecule has 0 saturated heterocycles. The number of rotatable bonds is 1. The lowest BCUT2D eigenvalue weighted by molar-refractivity contribution is -0.275. The molecule has 1 rings (SSSR count). The fourth-order valence-electron chi connectivity index (χ4n) is 0.816. The minimum atomic E-state index is -4.91. The van der Waals surface area contributed by atoms with Crippen molar-refractivity contribution >= 4 is 17.3 Å². The van der Waals surface area contributed by atoms with Gasteiger partial charge in [-0.2, -0.15) is 0 Å². The largest absolute Gasteiger partial charge is 0.573 e. The van der Waals surface area contributed by atoms with Crippen LogP contribution in [0.3, 0.4) is 0 Å². The van der Waals surface area contributed by atoms with Gasteiger partial charge in [0.15, 0.2) is 11.5 Å². The first-order chi connectivity index (χ1) is 6.29. The molecule has 0 amide bonds. The van der Waals surface area contributed by atoms with E-state index < -0.39 is 22.9 Å². The first-order valence-electron chi connectivity index (χ1n) is 3.33. The Labute approximate surface area is 81.8 Å². The number of nitrogen functional groups attached to an aromatic ring is 1. The Morgan fingerprint density at radius 3 is 2.36 bits per heavy atom. The Bertz CT molecular complexity index is 330. The number of aromatic hydroxyl groups is 1. The van der Waals surface area contributed by atoms with Gasteiger partial charge in [-0.1, -0.05) is 11.6 Å². The summed E-state index contributed by atoms with van der Waals surface area (Å²) in [5.41, 5.74) is 5.25. The molecule has 0 unspecified atom stereocenters. The number of hydrogen-bond donors (Lipinski definition) is 2. The summed E-state index contributed by atoms with van der Waals surface area (Å²) in [6, 6.07) is 1.95. The van der Waals surface area contributed by atoms with E-state index in [-0.39, 0.29) is 5.69 Å². The van der Waals surface area contributed by atoms with Gasteiger partial charge in [-0.15, -0.1) is 13.2 Å². The molecule has 0 bridgehead atoms. The third-order valence-electron chi connectivity index (χ3n) is 1.26. The molecule has 0 atom stereocenters. The van der Waals surface area contributed by atoms with Gasteiger partial charge in [0.2, 0.25) is 0 Å². The first kappa shape index (κ1) is 10.8. The molecule has 0 aliphatic rings. The molecule has 3 nitrogen and oxygen atoms in total. The quantitative estimate of drug-likeness (QED) is 0.725. The Hall–Kier alpha value is -1.30. The van der Waals surface area contributed by atoms with Gasteiger partial charge in [-0.25, -0.2) is 0 Å². The zero-order valence-corrected chi connectivity index (χ0v) is 7.36. The summed E-state index contributed by atoms with van der Waals surface area (Å²) in [4.78, 5) is 0. The van der Waals surface area contributed by atoms with Crippen molar-refractivity contribution in [2.75, 3.05) is 5.73 Å². The standard InChI is InChI=1S/C7H5ClF3NO2/c8-4-1-3(12)2-5(13)6(4)14-7(9,10)11/h1-2,13H,12H2. The minimum Gasteiger partial charge on any atom is -0.504 e. The van der Waals surface area contributed by atoms with Gasteiger partial charge in [0.25, 0.3) is 0 Å². The predicted octanol–water partition coefficient (Wildman–Crippen LogP) is 2.53. The molecule has 0 saturated carbocycles. The molecule has 3 N–H and O–H groups in total. The van der Waals surface area contributed by atoms with E-state index in [1.54, 1.807) is 0 Å². The first-order valence-corrected chi connectivity index (χ1v) is 3.71. The van der Waals surface area contributed by atoms with Crippen molar-refractivity contribution in [3.63, 3.8) is 0 Å². The van der Waals surface area contributed by atoms with Crippen LogP contribution < -0.4 is 10.5 Å². The zero-order valence-electron chi connectivity index (χ0n) is 6.60. The normalized spacial score (nSPS) is 11.4. The average molecular weight is 228 g/mol. The summed E-state index contributed by atoms with van der Waals surface area (Å²) in [6.07, 6.45) is -4.91. The van der Waals surface area contributed by atoms with Crippen LogP contribution in [-0.2, 0) is 0 Å². The molecule has 0 radical (unpaired) electrons.